The largest absolute Gasteiger partial charge is 0.465 e. The number of esters is 3. The first-order valence-corrected chi connectivity index (χ1v) is 6.05. The molecule has 0 bridgehead atoms. The summed E-state index contributed by atoms with van der Waals surface area (Å²) in [5.41, 5.74) is 0. The zero-order chi connectivity index (χ0) is 12.4. The lowest BCUT2D eigenvalue weighted by molar-refractivity contribution is -0.153. The summed E-state index contributed by atoms with van der Waals surface area (Å²) in [5.74, 6) is -2.19. The highest BCUT2D eigenvalue weighted by molar-refractivity contribution is 5.97. The van der Waals surface area contributed by atoms with Crippen molar-refractivity contribution in [1.82, 2.24) is 0 Å². The van der Waals surface area contributed by atoms with Gasteiger partial charge in [-0.1, -0.05) is 6.92 Å². The molecule has 5 heteroatoms. The maximum absolute atomic E-state index is 11.7. The lowest BCUT2D eigenvalue weighted by Crippen LogP contribution is -2.31. The van der Waals surface area contributed by atoms with Crippen LogP contribution < -0.4 is 0 Å². The fraction of sp³-hybridized carbons (Fsp3) is 0.750. The van der Waals surface area contributed by atoms with Gasteiger partial charge in [-0.05, 0) is 25.7 Å². The third-order valence-electron chi connectivity index (χ3n) is 3.44. The molecule has 0 spiro atoms. The number of cyclic esters (lactones) is 2. The summed E-state index contributed by atoms with van der Waals surface area (Å²) in [6.07, 6.45) is 2.32. The van der Waals surface area contributed by atoms with Crippen LogP contribution in [0.4, 0.5) is 0 Å². The number of carbonyl (C=O) groups excluding carboxylic acids is 3. The van der Waals surface area contributed by atoms with Crippen LogP contribution in [0.15, 0.2) is 0 Å². The molecule has 94 valence electrons. The van der Waals surface area contributed by atoms with E-state index in [1.54, 1.807) is 0 Å². The summed E-state index contributed by atoms with van der Waals surface area (Å²) in [4.78, 5) is 34.4. The van der Waals surface area contributed by atoms with E-state index in [9.17, 15) is 14.4 Å². The monoisotopic (exact) mass is 240 g/mol. The molecule has 2 rings (SSSR count). The van der Waals surface area contributed by atoms with E-state index in [0.717, 1.165) is 6.42 Å². The van der Waals surface area contributed by atoms with Crippen LogP contribution >= 0.6 is 0 Å². The molecule has 1 saturated heterocycles. The third-order valence-corrected chi connectivity index (χ3v) is 3.44. The molecule has 5 nitrogen and oxygen atoms in total. The van der Waals surface area contributed by atoms with Crippen molar-refractivity contribution in [3.63, 3.8) is 0 Å². The highest BCUT2D eigenvalue weighted by Crippen LogP contribution is 2.39. The second kappa shape index (κ2) is 4.85. The first kappa shape index (κ1) is 12.1. The molecule has 2 fully saturated rings. The Balaban J connectivity index is 1.95. The number of fused-ring (bicyclic) bond motifs is 1. The summed E-state index contributed by atoms with van der Waals surface area (Å²) in [5, 5.41) is 0. The minimum Gasteiger partial charge on any atom is -0.465 e. The quantitative estimate of drug-likeness (QED) is 0.545. The number of carbonyl (C=O) groups is 3. The summed E-state index contributed by atoms with van der Waals surface area (Å²) < 4.78 is 9.65. The van der Waals surface area contributed by atoms with Crippen LogP contribution in [-0.2, 0) is 23.9 Å². The van der Waals surface area contributed by atoms with E-state index in [1.807, 2.05) is 6.92 Å². The van der Waals surface area contributed by atoms with Crippen molar-refractivity contribution in [3.05, 3.63) is 0 Å². The molecule has 2 aliphatic rings. The zero-order valence-electron chi connectivity index (χ0n) is 9.81. The van der Waals surface area contributed by atoms with Gasteiger partial charge in [-0.15, -0.1) is 0 Å². The molecule has 1 heterocycles. The normalized spacial score (nSPS) is 31.9. The van der Waals surface area contributed by atoms with Crippen molar-refractivity contribution >= 4 is 17.9 Å². The van der Waals surface area contributed by atoms with Gasteiger partial charge in [0.05, 0.1) is 24.4 Å². The van der Waals surface area contributed by atoms with Gasteiger partial charge in [-0.2, -0.15) is 0 Å². The number of ether oxygens (including phenoxy) is 2. The van der Waals surface area contributed by atoms with Crippen LogP contribution in [0.5, 0.6) is 0 Å². The molecular formula is C12H16O5. The summed E-state index contributed by atoms with van der Waals surface area (Å²) in [6.45, 7) is 2.34. The van der Waals surface area contributed by atoms with Gasteiger partial charge in [-0.3, -0.25) is 14.4 Å². The van der Waals surface area contributed by atoms with Gasteiger partial charge in [0.2, 0.25) is 0 Å². The number of hydrogen-bond donors (Lipinski definition) is 0. The zero-order valence-corrected chi connectivity index (χ0v) is 9.81. The molecule has 0 radical (unpaired) electrons. The van der Waals surface area contributed by atoms with E-state index < -0.39 is 17.9 Å². The maximum atomic E-state index is 11.7. The van der Waals surface area contributed by atoms with E-state index in [-0.39, 0.29) is 17.8 Å². The Morgan fingerprint density at radius 3 is 2.71 bits per heavy atom. The summed E-state index contributed by atoms with van der Waals surface area (Å²) in [6, 6.07) is 0. The van der Waals surface area contributed by atoms with Gasteiger partial charge in [-0.25, -0.2) is 0 Å². The Kier molecular flexibility index (Phi) is 3.45. The second-order valence-corrected chi connectivity index (χ2v) is 4.63. The average molecular weight is 240 g/mol. The Hall–Kier alpha value is -1.39. The molecule has 3 atom stereocenters. The molecule has 3 unspecified atom stereocenters. The van der Waals surface area contributed by atoms with Gasteiger partial charge >= 0.3 is 17.9 Å². The Labute approximate surface area is 99.5 Å². The predicted molar refractivity (Wildman–Crippen MR) is 56.7 cm³/mol. The SMILES string of the molecule is CCCOC(=O)C1CCC2C(=O)OC(=O)C2C1. The van der Waals surface area contributed by atoms with Gasteiger partial charge in [0.15, 0.2) is 0 Å². The van der Waals surface area contributed by atoms with Crippen LogP contribution in [-0.4, -0.2) is 24.5 Å². The van der Waals surface area contributed by atoms with Crippen molar-refractivity contribution in [2.75, 3.05) is 6.61 Å². The molecule has 0 aromatic carbocycles. The van der Waals surface area contributed by atoms with E-state index in [4.69, 9.17) is 4.74 Å². The van der Waals surface area contributed by atoms with Crippen molar-refractivity contribution in [2.45, 2.75) is 32.6 Å². The first-order chi connectivity index (χ1) is 8.13. The molecule has 1 saturated carbocycles. The molecule has 0 N–H and O–H groups in total. The third kappa shape index (κ3) is 2.33. The van der Waals surface area contributed by atoms with Gasteiger partial charge < -0.3 is 9.47 Å². The molecule has 1 aliphatic carbocycles. The predicted octanol–water partition coefficient (Wildman–Crippen LogP) is 1.06. The van der Waals surface area contributed by atoms with Crippen molar-refractivity contribution in [3.8, 4) is 0 Å². The Morgan fingerprint density at radius 1 is 1.29 bits per heavy atom. The smallest absolute Gasteiger partial charge is 0.317 e. The molecule has 0 aromatic heterocycles. The van der Waals surface area contributed by atoms with Crippen molar-refractivity contribution < 1.29 is 23.9 Å². The highest BCUT2D eigenvalue weighted by atomic mass is 16.6. The second-order valence-electron chi connectivity index (χ2n) is 4.63. The van der Waals surface area contributed by atoms with Crippen LogP contribution in [0.3, 0.4) is 0 Å². The molecule has 17 heavy (non-hydrogen) atoms. The number of hydrogen-bond acceptors (Lipinski definition) is 5. The van der Waals surface area contributed by atoms with Gasteiger partial charge in [0, 0.05) is 0 Å². The van der Waals surface area contributed by atoms with Crippen LogP contribution in [0.2, 0.25) is 0 Å². The number of rotatable bonds is 3. The average Bonchev–Trinajstić information content (AvgIpc) is 2.61. The van der Waals surface area contributed by atoms with Crippen LogP contribution in [0.1, 0.15) is 32.6 Å². The van der Waals surface area contributed by atoms with Crippen LogP contribution in [0.25, 0.3) is 0 Å². The molecular weight excluding hydrogens is 224 g/mol. The minimum absolute atomic E-state index is 0.252. The van der Waals surface area contributed by atoms with E-state index in [1.165, 1.54) is 0 Å². The Bertz CT molecular complexity index is 349. The maximum Gasteiger partial charge on any atom is 0.317 e. The minimum atomic E-state index is -0.479. The molecule has 1 aliphatic heterocycles. The summed E-state index contributed by atoms with van der Waals surface area (Å²) >= 11 is 0. The standard InChI is InChI=1S/C12H16O5/c1-2-5-16-10(13)7-3-4-8-9(6-7)12(15)17-11(8)14/h7-9H,2-6H2,1H3. The van der Waals surface area contributed by atoms with Gasteiger partial charge in [0.1, 0.15) is 0 Å². The highest BCUT2D eigenvalue weighted by Gasteiger charge is 2.49. The van der Waals surface area contributed by atoms with E-state index in [0.29, 0.717) is 25.9 Å². The van der Waals surface area contributed by atoms with Gasteiger partial charge in [0.25, 0.3) is 0 Å². The van der Waals surface area contributed by atoms with Crippen molar-refractivity contribution in [2.24, 2.45) is 17.8 Å². The van der Waals surface area contributed by atoms with E-state index >= 15 is 0 Å². The topological polar surface area (TPSA) is 69.7 Å². The Morgan fingerprint density at radius 2 is 2.00 bits per heavy atom. The summed E-state index contributed by atoms with van der Waals surface area (Å²) in [7, 11) is 0. The first-order valence-electron chi connectivity index (χ1n) is 6.05. The lowest BCUT2D eigenvalue weighted by atomic mass is 9.75. The van der Waals surface area contributed by atoms with E-state index in [2.05, 4.69) is 4.74 Å². The fourth-order valence-electron chi connectivity index (χ4n) is 2.50. The van der Waals surface area contributed by atoms with Crippen LogP contribution in [0, 0.1) is 17.8 Å². The fourth-order valence-corrected chi connectivity index (χ4v) is 2.50. The van der Waals surface area contributed by atoms with Crippen molar-refractivity contribution in [1.29, 1.82) is 0 Å². The lowest BCUT2D eigenvalue weighted by Gasteiger charge is -2.26. The molecule has 0 amide bonds. The molecule has 0 aromatic rings.